The fraction of sp³-hybridized carbons (Fsp3) is 0.364. The summed E-state index contributed by atoms with van der Waals surface area (Å²) in [6.07, 6.45) is -3.15. The van der Waals surface area contributed by atoms with Crippen LogP contribution in [0.5, 0.6) is 5.75 Å². The van der Waals surface area contributed by atoms with E-state index in [2.05, 4.69) is 0 Å². The van der Waals surface area contributed by atoms with Gasteiger partial charge in [0.1, 0.15) is 5.75 Å². The van der Waals surface area contributed by atoms with Crippen molar-refractivity contribution in [1.82, 2.24) is 0 Å². The van der Waals surface area contributed by atoms with E-state index in [1.54, 1.807) is 19.2 Å². The molecule has 0 heterocycles. The van der Waals surface area contributed by atoms with Gasteiger partial charge >= 0.3 is 6.18 Å². The van der Waals surface area contributed by atoms with Crippen molar-refractivity contribution < 1.29 is 22.7 Å². The van der Waals surface area contributed by atoms with E-state index in [9.17, 15) is 18.0 Å². The smallest absolute Gasteiger partial charge is 0.454 e. The maximum atomic E-state index is 12.3. The number of hydrogen-bond acceptors (Lipinski definition) is 3. The minimum atomic E-state index is -4.86. The number of ether oxygens (including phenoxy) is 1. The molecule has 0 unspecified atom stereocenters. The van der Waals surface area contributed by atoms with E-state index in [1.807, 2.05) is 0 Å². The zero-order valence-corrected chi connectivity index (χ0v) is 10.1. The van der Waals surface area contributed by atoms with E-state index in [1.165, 1.54) is 17.8 Å². The summed E-state index contributed by atoms with van der Waals surface area (Å²) < 4.78 is 42.0. The van der Waals surface area contributed by atoms with Gasteiger partial charge in [0.25, 0.3) is 5.78 Å². The van der Waals surface area contributed by atoms with Gasteiger partial charge in [0.15, 0.2) is 0 Å². The highest BCUT2D eigenvalue weighted by atomic mass is 32.2. The Hall–Kier alpha value is -1.17. The lowest BCUT2D eigenvalue weighted by Crippen LogP contribution is -2.22. The molecule has 1 aromatic rings. The van der Waals surface area contributed by atoms with E-state index >= 15 is 0 Å². The molecule has 0 radical (unpaired) electrons. The summed E-state index contributed by atoms with van der Waals surface area (Å²) in [5.74, 6) is -1.58. The van der Waals surface area contributed by atoms with Crippen molar-refractivity contribution in [3.63, 3.8) is 0 Å². The molecule has 0 aliphatic rings. The van der Waals surface area contributed by atoms with Gasteiger partial charge in [-0.25, -0.2) is 0 Å². The highest BCUT2D eigenvalue weighted by Gasteiger charge is 2.39. The molecule has 1 rings (SSSR count). The van der Waals surface area contributed by atoms with Crippen molar-refractivity contribution in [3.05, 3.63) is 23.8 Å². The van der Waals surface area contributed by atoms with Gasteiger partial charge < -0.3 is 4.74 Å². The number of rotatable bonds is 4. The summed E-state index contributed by atoms with van der Waals surface area (Å²) in [7, 11) is 0. The maximum Gasteiger partial charge on any atom is 0.454 e. The van der Waals surface area contributed by atoms with E-state index < -0.39 is 17.5 Å². The van der Waals surface area contributed by atoms with Crippen molar-refractivity contribution in [1.29, 1.82) is 0 Å². The number of halogens is 3. The number of hydrogen-bond donors (Lipinski definition) is 0. The fourth-order valence-electron chi connectivity index (χ4n) is 1.23. The van der Waals surface area contributed by atoms with Gasteiger partial charge in [-0.3, -0.25) is 4.79 Å². The summed E-state index contributed by atoms with van der Waals surface area (Å²) >= 11 is 1.25. The number of benzene rings is 1. The van der Waals surface area contributed by atoms with Crippen LogP contribution in [0.3, 0.4) is 0 Å². The zero-order chi connectivity index (χ0) is 13.1. The Morgan fingerprint density at radius 2 is 2.00 bits per heavy atom. The third kappa shape index (κ3) is 3.66. The molecule has 1 aromatic carbocycles. The monoisotopic (exact) mass is 264 g/mol. The number of carbonyl (C=O) groups is 1. The van der Waals surface area contributed by atoms with E-state index in [-0.39, 0.29) is 5.75 Å². The first-order valence-corrected chi connectivity index (χ1v) is 6.04. The Morgan fingerprint density at radius 1 is 1.35 bits per heavy atom. The van der Waals surface area contributed by atoms with Crippen molar-refractivity contribution in [2.45, 2.75) is 18.0 Å². The second kappa shape index (κ2) is 5.44. The van der Waals surface area contributed by atoms with Crippen LogP contribution < -0.4 is 4.74 Å². The van der Waals surface area contributed by atoms with Crippen molar-refractivity contribution in [2.24, 2.45) is 0 Å². The van der Waals surface area contributed by atoms with Crippen LogP contribution in [0, 0.1) is 0 Å². The van der Waals surface area contributed by atoms with Crippen LogP contribution in [0.2, 0.25) is 0 Å². The van der Waals surface area contributed by atoms with E-state index in [0.29, 0.717) is 11.5 Å². The van der Waals surface area contributed by atoms with Gasteiger partial charge in [-0.05, 0) is 31.4 Å². The van der Waals surface area contributed by atoms with Crippen molar-refractivity contribution in [3.8, 4) is 5.75 Å². The summed E-state index contributed by atoms with van der Waals surface area (Å²) in [6, 6.07) is 3.92. The van der Waals surface area contributed by atoms with Crippen molar-refractivity contribution in [2.75, 3.05) is 12.9 Å². The van der Waals surface area contributed by atoms with Crippen LogP contribution in [0.4, 0.5) is 13.2 Å². The molecule has 6 heteroatoms. The van der Waals surface area contributed by atoms with Gasteiger partial charge in [0.2, 0.25) is 0 Å². The molecular formula is C11H11F3O2S. The van der Waals surface area contributed by atoms with Crippen molar-refractivity contribution >= 4 is 17.5 Å². The van der Waals surface area contributed by atoms with Crippen LogP contribution in [0.1, 0.15) is 17.3 Å². The molecule has 0 spiro atoms. The van der Waals surface area contributed by atoms with Crippen LogP contribution >= 0.6 is 11.8 Å². The number of ketones is 1. The minimum Gasteiger partial charge on any atom is -0.494 e. The second-order valence-corrected chi connectivity index (χ2v) is 4.04. The number of thioether (sulfide) groups is 1. The SMILES string of the molecule is CCOc1cc(SC)cc(C(=O)C(F)(F)F)c1. The van der Waals surface area contributed by atoms with Gasteiger partial charge in [0, 0.05) is 10.5 Å². The molecule has 94 valence electrons. The predicted octanol–water partition coefficient (Wildman–Crippen LogP) is 3.55. The van der Waals surface area contributed by atoms with E-state index in [0.717, 1.165) is 6.07 Å². The first-order valence-electron chi connectivity index (χ1n) is 4.82. The third-order valence-corrected chi connectivity index (χ3v) is 2.65. The van der Waals surface area contributed by atoms with Crippen LogP contribution in [-0.2, 0) is 0 Å². The lowest BCUT2D eigenvalue weighted by Gasteiger charge is -2.10. The molecule has 0 aliphatic carbocycles. The highest BCUT2D eigenvalue weighted by molar-refractivity contribution is 7.98. The Balaban J connectivity index is 3.15. The molecule has 0 aromatic heterocycles. The molecule has 0 saturated heterocycles. The summed E-state index contributed by atoms with van der Waals surface area (Å²) in [4.78, 5) is 11.7. The molecule has 0 aliphatic heterocycles. The molecule has 2 nitrogen and oxygen atoms in total. The molecule has 0 bridgehead atoms. The lowest BCUT2D eigenvalue weighted by molar-refractivity contribution is -0.0885. The summed E-state index contributed by atoms with van der Waals surface area (Å²) in [6.45, 7) is 2.05. The Labute approximate surface area is 101 Å². The quantitative estimate of drug-likeness (QED) is 0.614. The highest BCUT2D eigenvalue weighted by Crippen LogP contribution is 2.28. The maximum absolute atomic E-state index is 12.3. The van der Waals surface area contributed by atoms with Crippen LogP contribution in [0.15, 0.2) is 23.1 Å². The average Bonchev–Trinajstić information content (AvgIpc) is 2.26. The molecule has 0 saturated carbocycles. The molecule has 17 heavy (non-hydrogen) atoms. The fourth-order valence-corrected chi connectivity index (χ4v) is 1.71. The zero-order valence-electron chi connectivity index (χ0n) is 9.30. The predicted molar refractivity (Wildman–Crippen MR) is 59.8 cm³/mol. The first-order chi connectivity index (χ1) is 7.88. The largest absolute Gasteiger partial charge is 0.494 e. The van der Waals surface area contributed by atoms with Gasteiger partial charge in [-0.15, -0.1) is 11.8 Å². The summed E-state index contributed by atoms with van der Waals surface area (Å²) in [5.41, 5.74) is -0.396. The number of Topliss-reactive ketones (excluding diaryl/α,β-unsaturated/α-hetero) is 1. The van der Waals surface area contributed by atoms with Gasteiger partial charge in [0.05, 0.1) is 6.61 Å². The molecule has 0 atom stereocenters. The van der Waals surface area contributed by atoms with E-state index in [4.69, 9.17) is 4.74 Å². The number of carbonyl (C=O) groups excluding carboxylic acids is 1. The van der Waals surface area contributed by atoms with Gasteiger partial charge in [-0.2, -0.15) is 13.2 Å². The van der Waals surface area contributed by atoms with Crippen LogP contribution in [0.25, 0.3) is 0 Å². The Kier molecular flexibility index (Phi) is 4.45. The standard InChI is InChI=1S/C11H11F3O2S/c1-3-16-8-4-7(5-9(6-8)17-2)10(15)11(12,13)14/h4-6H,3H2,1-2H3. The lowest BCUT2D eigenvalue weighted by atomic mass is 10.1. The molecular weight excluding hydrogens is 253 g/mol. The molecule has 0 amide bonds. The van der Waals surface area contributed by atoms with Crippen LogP contribution in [-0.4, -0.2) is 24.8 Å². The second-order valence-electron chi connectivity index (χ2n) is 3.16. The molecule has 0 N–H and O–H groups in total. The topological polar surface area (TPSA) is 26.3 Å². The van der Waals surface area contributed by atoms with Gasteiger partial charge in [-0.1, -0.05) is 0 Å². The normalized spacial score (nSPS) is 11.4. The number of alkyl halides is 3. The third-order valence-electron chi connectivity index (χ3n) is 1.95. The Morgan fingerprint density at radius 3 is 2.47 bits per heavy atom. The molecule has 0 fully saturated rings. The first kappa shape index (κ1) is 13.9. The Bertz CT molecular complexity index is 416. The summed E-state index contributed by atoms with van der Waals surface area (Å²) in [5, 5.41) is 0. The average molecular weight is 264 g/mol. The minimum absolute atomic E-state index is 0.270.